The quantitative estimate of drug-likeness (QED) is 0.886. The van der Waals surface area contributed by atoms with Gasteiger partial charge in [0, 0.05) is 13.1 Å². The number of para-hydroxylation sites is 1. The Morgan fingerprint density at radius 2 is 1.76 bits per heavy atom. The highest BCUT2D eigenvalue weighted by Crippen LogP contribution is 2.19. The average molecular weight is 286 g/mol. The fraction of sp³-hybridized carbons (Fsp3) is 0.375. The standard InChI is InChI=1S/C16H22N4O/c1-3-10-19(11-4-2)14-12-18-20(16(21)15(14)17)13-8-6-5-7-9-13/h5-9,12H,3-4,10-11,17H2,1-2H3. The van der Waals surface area contributed by atoms with Crippen LogP contribution in [0.15, 0.2) is 41.3 Å². The van der Waals surface area contributed by atoms with Crippen molar-refractivity contribution in [1.82, 2.24) is 9.78 Å². The van der Waals surface area contributed by atoms with Crippen molar-refractivity contribution >= 4 is 11.4 Å². The smallest absolute Gasteiger partial charge is 0.296 e. The summed E-state index contributed by atoms with van der Waals surface area (Å²) in [4.78, 5) is 14.6. The van der Waals surface area contributed by atoms with Gasteiger partial charge in [0.25, 0.3) is 5.56 Å². The fourth-order valence-corrected chi connectivity index (χ4v) is 2.36. The topological polar surface area (TPSA) is 64.2 Å². The van der Waals surface area contributed by atoms with E-state index in [2.05, 4.69) is 23.8 Å². The number of hydrogen-bond donors (Lipinski definition) is 1. The van der Waals surface area contributed by atoms with Crippen molar-refractivity contribution in [3.63, 3.8) is 0 Å². The molecule has 0 aliphatic carbocycles. The second kappa shape index (κ2) is 6.92. The van der Waals surface area contributed by atoms with Gasteiger partial charge in [-0.3, -0.25) is 4.79 Å². The summed E-state index contributed by atoms with van der Waals surface area (Å²) in [5.74, 6) is 0. The van der Waals surface area contributed by atoms with Crippen LogP contribution in [-0.4, -0.2) is 22.9 Å². The summed E-state index contributed by atoms with van der Waals surface area (Å²) in [5, 5.41) is 4.28. The summed E-state index contributed by atoms with van der Waals surface area (Å²) in [6.45, 7) is 5.96. The molecular weight excluding hydrogens is 264 g/mol. The molecule has 0 aliphatic rings. The summed E-state index contributed by atoms with van der Waals surface area (Å²) in [5.41, 5.74) is 7.51. The van der Waals surface area contributed by atoms with Gasteiger partial charge in [-0.1, -0.05) is 32.0 Å². The Hall–Kier alpha value is -2.30. The zero-order chi connectivity index (χ0) is 15.2. The summed E-state index contributed by atoms with van der Waals surface area (Å²) in [6, 6.07) is 9.31. The highest BCUT2D eigenvalue weighted by Gasteiger charge is 2.14. The number of aromatic nitrogens is 2. The molecule has 0 fully saturated rings. The second-order valence-corrected chi connectivity index (χ2v) is 4.98. The van der Waals surface area contributed by atoms with Crippen LogP contribution in [0.3, 0.4) is 0 Å². The monoisotopic (exact) mass is 286 g/mol. The maximum absolute atomic E-state index is 12.5. The van der Waals surface area contributed by atoms with Crippen molar-refractivity contribution in [2.45, 2.75) is 26.7 Å². The lowest BCUT2D eigenvalue weighted by molar-refractivity contribution is 0.731. The predicted octanol–water partition coefficient (Wildman–Crippen LogP) is 2.44. The van der Waals surface area contributed by atoms with Gasteiger partial charge in [-0.25, -0.2) is 0 Å². The largest absolute Gasteiger partial charge is 0.392 e. The molecule has 112 valence electrons. The van der Waals surface area contributed by atoms with Crippen LogP contribution in [0.5, 0.6) is 0 Å². The van der Waals surface area contributed by atoms with Gasteiger partial charge in [-0.15, -0.1) is 0 Å². The van der Waals surface area contributed by atoms with Crippen LogP contribution in [0.4, 0.5) is 11.4 Å². The molecule has 5 nitrogen and oxygen atoms in total. The van der Waals surface area contributed by atoms with Gasteiger partial charge in [-0.05, 0) is 25.0 Å². The van der Waals surface area contributed by atoms with E-state index in [1.54, 1.807) is 6.20 Å². The van der Waals surface area contributed by atoms with Gasteiger partial charge in [0.05, 0.1) is 17.6 Å². The molecule has 0 radical (unpaired) electrons. The first-order valence-corrected chi connectivity index (χ1v) is 7.37. The number of benzene rings is 1. The molecule has 0 saturated heterocycles. The molecule has 0 atom stereocenters. The third-order valence-corrected chi connectivity index (χ3v) is 3.32. The number of hydrogen-bond acceptors (Lipinski definition) is 4. The zero-order valence-corrected chi connectivity index (χ0v) is 12.6. The van der Waals surface area contributed by atoms with E-state index in [9.17, 15) is 4.79 Å². The van der Waals surface area contributed by atoms with Gasteiger partial charge in [0.2, 0.25) is 0 Å². The van der Waals surface area contributed by atoms with Crippen LogP contribution in [0, 0.1) is 0 Å². The summed E-state index contributed by atoms with van der Waals surface area (Å²) in [6.07, 6.45) is 3.69. The molecular formula is C16H22N4O. The van der Waals surface area contributed by atoms with E-state index in [4.69, 9.17) is 5.73 Å². The molecule has 0 amide bonds. The second-order valence-electron chi connectivity index (χ2n) is 4.98. The maximum atomic E-state index is 12.5. The Morgan fingerprint density at radius 1 is 1.14 bits per heavy atom. The number of rotatable bonds is 6. The molecule has 0 spiro atoms. The molecule has 21 heavy (non-hydrogen) atoms. The van der Waals surface area contributed by atoms with Crippen LogP contribution >= 0.6 is 0 Å². The minimum absolute atomic E-state index is 0.260. The minimum Gasteiger partial charge on any atom is -0.392 e. The van der Waals surface area contributed by atoms with Crippen LogP contribution in [0.25, 0.3) is 5.69 Å². The van der Waals surface area contributed by atoms with Crippen molar-refractivity contribution in [2.75, 3.05) is 23.7 Å². The summed E-state index contributed by atoms with van der Waals surface area (Å²) in [7, 11) is 0. The highest BCUT2D eigenvalue weighted by atomic mass is 16.1. The average Bonchev–Trinajstić information content (AvgIpc) is 2.51. The lowest BCUT2D eigenvalue weighted by Gasteiger charge is -2.24. The fourth-order valence-electron chi connectivity index (χ4n) is 2.36. The molecule has 1 aromatic heterocycles. The molecule has 1 heterocycles. The molecule has 5 heteroatoms. The molecule has 0 saturated carbocycles. The minimum atomic E-state index is -0.268. The van der Waals surface area contributed by atoms with E-state index in [1.807, 2.05) is 30.3 Å². The SMILES string of the molecule is CCCN(CCC)c1cnn(-c2ccccc2)c(=O)c1N. The van der Waals surface area contributed by atoms with E-state index in [-0.39, 0.29) is 11.2 Å². The third-order valence-electron chi connectivity index (χ3n) is 3.32. The molecule has 0 aliphatic heterocycles. The Morgan fingerprint density at radius 3 is 2.33 bits per heavy atom. The van der Waals surface area contributed by atoms with Crippen molar-refractivity contribution in [3.8, 4) is 5.69 Å². The molecule has 2 rings (SSSR count). The number of anilines is 2. The van der Waals surface area contributed by atoms with E-state index in [0.717, 1.165) is 37.3 Å². The number of nitrogens with zero attached hydrogens (tertiary/aromatic N) is 3. The molecule has 0 bridgehead atoms. The van der Waals surface area contributed by atoms with Gasteiger partial charge < -0.3 is 10.6 Å². The molecule has 1 aromatic carbocycles. The van der Waals surface area contributed by atoms with Gasteiger partial charge in [-0.2, -0.15) is 9.78 Å². The Bertz CT molecular complexity index is 630. The van der Waals surface area contributed by atoms with E-state index < -0.39 is 0 Å². The Kier molecular flexibility index (Phi) is 4.98. The summed E-state index contributed by atoms with van der Waals surface area (Å²) >= 11 is 0. The van der Waals surface area contributed by atoms with E-state index in [1.165, 1.54) is 4.68 Å². The predicted molar refractivity (Wildman–Crippen MR) is 87.0 cm³/mol. The molecule has 2 aromatic rings. The van der Waals surface area contributed by atoms with Gasteiger partial charge in [0.15, 0.2) is 0 Å². The van der Waals surface area contributed by atoms with Crippen molar-refractivity contribution < 1.29 is 0 Å². The Balaban J connectivity index is 2.44. The number of nitrogens with two attached hydrogens (primary N) is 1. The zero-order valence-electron chi connectivity index (χ0n) is 12.6. The first kappa shape index (κ1) is 15.1. The highest BCUT2D eigenvalue weighted by molar-refractivity contribution is 5.65. The van der Waals surface area contributed by atoms with Crippen molar-refractivity contribution in [1.29, 1.82) is 0 Å². The normalized spacial score (nSPS) is 10.6. The van der Waals surface area contributed by atoms with Crippen LogP contribution in [0.1, 0.15) is 26.7 Å². The first-order valence-electron chi connectivity index (χ1n) is 7.37. The van der Waals surface area contributed by atoms with Gasteiger partial charge in [0.1, 0.15) is 5.69 Å². The maximum Gasteiger partial charge on any atom is 0.296 e. The first-order chi connectivity index (χ1) is 10.2. The van der Waals surface area contributed by atoms with Gasteiger partial charge >= 0.3 is 0 Å². The van der Waals surface area contributed by atoms with E-state index in [0.29, 0.717) is 0 Å². The third kappa shape index (κ3) is 3.24. The Labute approximate surface area is 125 Å². The number of nitrogen functional groups attached to an aromatic ring is 1. The van der Waals surface area contributed by atoms with Crippen molar-refractivity contribution in [2.24, 2.45) is 0 Å². The van der Waals surface area contributed by atoms with Crippen LogP contribution in [-0.2, 0) is 0 Å². The lowest BCUT2D eigenvalue weighted by atomic mass is 10.2. The van der Waals surface area contributed by atoms with Crippen LogP contribution < -0.4 is 16.2 Å². The summed E-state index contributed by atoms with van der Waals surface area (Å²) < 4.78 is 1.34. The van der Waals surface area contributed by atoms with Crippen molar-refractivity contribution in [3.05, 3.63) is 46.9 Å². The molecule has 0 unspecified atom stereocenters. The lowest BCUT2D eigenvalue weighted by Crippen LogP contribution is -2.31. The van der Waals surface area contributed by atoms with Crippen LogP contribution in [0.2, 0.25) is 0 Å². The van der Waals surface area contributed by atoms with E-state index >= 15 is 0 Å². The molecule has 2 N–H and O–H groups in total.